The normalized spacial score (nSPS) is 18.0. The van der Waals surface area contributed by atoms with Crippen molar-refractivity contribution in [2.45, 2.75) is 18.9 Å². The first-order valence-electron chi connectivity index (χ1n) is 7.04. The lowest BCUT2D eigenvalue weighted by Crippen LogP contribution is -2.03. The van der Waals surface area contributed by atoms with E-state index in [-0.39, 0.29) is 6.10 Å². The number of aromatic nitrogens is 2. The van der Waals surface area contributed by atoms with Gasteiger partial charge in [-0.2, -0.15) is 4.98 Å². The van der Waals surface area contributed by atoms with Gasteiger partial charge in [0.1, 0.15) is 18.5 Å². The van der Waals surface area contributed by atoms with Gasteiger partial charge in [0.05, 0.1) is 6.61 Å². The summed E-state index contributed by atoms with van der Waals surface area (Å²) in [7, 11) is 1.65. The SMILES string of the molecule is COCCOc1ccc(-c2noc([C@@H]3CCCO3)n2)cc1. The zero-order valence-electron chi connectivity index (χ0n) is 11.9. The second kappa shape index (κ2) is 6.69. The van der Waals surface area contributed by atoms with Crippen molar-refractivity contribution in [1.82, 2.24) is 10.1 Å². The van der Waals surface area contributed by atoms with E-state index in [0.29, 0.717) is 24.9 Å². The molecule has 0 saturated carbocycles. The van der Waals surface area contributed by atoms with Crippen molar-refractivity contribution in [1.29, 1.82) is 0 Å². The van der Waals surface area contributed by atoms with E-state index in [2.05, 4.69) is 10.1 Å². The zero-order chi connectivity index (χ0) is 14.5. The Balaban J connectivity index is 1.66. The van der Waals surface area contributed by atoms with E-state index < -0.39 is 0 Å². The van der Waals surface area contributed by atoms with Crippen LogP contribution in [0.4, 0.5) is 0 Å². The highest BCUT2D eigenvalue weighted by Gasteiger charge is 2.24. The van der Waals surface area contributed by atoms with E-state index in [1.165, 1.54) is 0 Å². The van der Waals surface area contributed by atoms with Crippen molar-refractivity contribution in [2.24, 2.45) is 0 Å². The second-order valence-corrected chi connectivity index (χ2v) is 4.82. The van der Waals surface area contributed by atoms with E-state index in [9.17, 15) is 0 Å². The van der Waals surface area contributed by atoms with Crippen LogP contribution < -0.4 is 4.74 Å². The Bertz CT molecular complexity index is 561. The summed E-state index contributed by atoms with van der Waals surface area (Å²) in [5, 5.41) is 4.01. The third-order valence-corrected chi connectivity index (χ3v) is 3.32. The van der Waals surface area contributed by atoms with E-state index in [1.54, 1.807) is 7.11 Å². The molecule has 6 nitrogen and oxygen atoms in total. The summed E-state index contributed by atoms with van der Waals surface area (Å²) in [6.07, 6.45) is 1.92. The molecule has 1 aromatic carbocycles. The second-order valence-electron chi connectivity index (χ2n) is 4.82. The highest BCUT2D eigenvalue weighted by molar-refractivity contribution is 5.55. The molecule has 0 aliphatic carbocycles. The van der Waals surface area contributed by atoms with E-state index in [1.807, 2.05) is 24.3 Å². The smallest absolute Gasteiger partial charge is 0.256 e. The highest BCUT2D eigenvalue weighted by Crippen LogP contribution is 2.29. The van der Waals surface area contributed by atoms with E-state index >= 15 is 0 Å². The van der Waals surface area contributed by atoms with Gasteiger partial charge in [0.25, 0.3) is 5.89 Å². The average Bonchev–Trinajstić information content (AvgIpc) is 3.19. The quantitative estimate of drug-likeness (QED) is 0.762. The molecule has 21 heavy (non-hydrogen) atoms. The van der Waals surface area contributed by atoms with Crippen molar-refractivity contribution in [3.8, 4) is 17.1 Å². The molecule has 2 heterocycles. The third-order valence-electron chi connectivity index (χ3n) is 3.32. The van der Waals surface area contributed by atoms with Gasteiger partial charge in [0.15, 0.2) is 0 Å². The van der Waals surface area contributed by atoms with Crippen LogP contribution in [0.15, 0.2) is 28.8 Å². The molecular weight excluding hydrogens is 272 g/mol. The topological polar surface area (TPSA) is 66.6 Å². The zero-order valence-corrected chi connectivity index (χ0v) is 11.9. The average molecular weight is 290 g/mol. The lowest BCUT2D eigenvalue weighted by Gasteiger charge is -2.05. The number of hydrogen-bond acceptors (Lipinski definition) is 6. The summed E-state index contributed by atoms with van der Waals surface area (Å²) in [4.78, 5) is 4.40. The molecule has 1 aliphatic rings. The molecule has 1 fully saturated rings. The Morgan fingerprint density at radius 3 is 2.81 bits per heavy atom. The lowest BCUT2D eigenvalue weighted by molar-refractivity contribution is 0.0835. The van der Waals surface area contributed by atoms with Gasteiger partial charge in [-0.05, 0) is 37.1 Å². The van der Waals surface area contributed by atoms with E-state index in [0.717, 1.165) is 30.8 Å². The van der Waals surface area contributed by atoms with Crippen molar-refractivity contribution in [2.75, 3.05) is 26.9 Å². The molecule has 1 aromatic heterocycles. The molecule has 112 valence electrons. The molecule has 1 atom stereocenters. The van der Waals surface area contributed by atoms with Crippen LogP contribution in [0.2, 0.25) is 0 Å². The largest absolute Gasteiger partial charge is 0.491 e. The van der Waals surface area contributed by atoms with Gasteiger partial charge < -0.3 is 18.7 Å². The van der Waals surface area contributed by atoms with Gasteiger partial charge in [-0.25, -0.2) is 0 Å². The first kappa shape index (κ1) is 14.0. The summed E-state index contributed by atoms with van der Waals surface area (Å²) >= 11 is 0. The Labute approximate surface area is 123 Å². The fraction of sp³-hybridized carbons (Fsp3) is 0.467. The lowest BCUT2D eigenvalue weighted by atomic mass is 10.2. The summed E-state index contributed by atoms with van der Waals surface area (Å²) < 4.78 is 21.3. The van der Waals surface area contributed by atoms with Crippen LogP contribution in [0.25, 0.3) is 11.4 Å². The number of nitrogens with zero attached hydrogens (tertiary/aromatic N) is 2. The van der Waals surface area contributed by atoms with Crippen LogP contribution in [0, 0.1) is 0 Å². The van der Waals surface area contributed by atoms with Crippen LogP contribution in [0.1, 0.15) is 24.8 Å². The van der Waals surface area contributed by atoms with E-state index in [4.69, 9.17) is 18.7 Å². The Morgan fingerprint density at radius 1 is 1.24 bits per heavy atom. The van der Waals surface area contributed by atoms with Crippen molar-refractivity contribution in [3.05, 3.63) is 30.2 Å². The molecule has 0 N–H and O–H groups in total. The van der Waals surface area contributed by atoms with Crippen molar-refractivity contribution < 1.29 is 18.7 Å². The van der Waals surface area contributed by atoms with Gasteiger partial charge in [-0.3, -0.25) is 0 Å². The fourth-order valence-corrected chi connectivity index (χ4v) is 2.20. The summed E-state index contributed by atoms with van der Waals surface area (Å²) in [5.41, 5.74) is 0.891. The predicted octanol–water partition coefficient (Wildman–Crippen LogP) is 2.61. The van der Waals surface area contributed by atoms with Gasteiger partial charge in [0, 0.05) is 19.3 Å². The third kappa shape index (κ3) is 3.40. The van der Waals surface area contributed by atoms with Crippen molar-refractivity contribution in [3.63, 3.8) is 0 Å². The van der Waals surface area contributed by atoms with Crippen LogP contribution >= 0.6 is 0 Å². The fourth-order valence-electron chi connectivity index (χ4n) is 2.20. The molecule has 0 amide bonds. The van der Waals surface area contributed by atoms with Gasteiger partial charge in [-0.15, -0.1) is 0 Å². The molecule has 0 bridgehead atoms. The predicted molar refractivity (Wildman–Crippen MR) is 75.0 cm³/mol. The number of methoxy groups -OCH3 is 1. The molecule has 0 radical (unpaired) electrons. The summed E-state index contributed by atoms with van der Waals surface area (Å²) in [6, 6.07) is 7.58. The molecule has 6 heteroatoms. The molecule has 0 unspecified atom stereocenters. The molecule has 2 aromatic rings. The minimum Gasteiger partial charge on any atom is -0.491 e. The maximum absolute atomic E-state index is 5.53. The van der Waals surface area contributed by atoms with Crippen LogP contribution in [-0.2, 0) is 9.47 Å². The standard InChI is InChI=1S/C15H18N2O4/c1-18-9-10-19-12-6-4-11(5-7-12)14-16-15(21-17-14)13-3-2-8-20-13/h4-7,13H,2-3,8-10H2,1H3/t13-/m0/s1. The van der Waals surface area contributed by atoms with Crippen LogP contribution in [-0.4, -0.2) is 37.1 Å². The minimum absolute atomic E-state index is 0.0529. The Kier molecular flexibility index (Phi) is 4.47. The first-order valence-corrected chi connectivity index (χ1v) is 7.04. The molecular formula is C15H18N2O4. The van der Waals surface area contributed by atoms with Crippen LogP contribution in [0.3, 0.4) is 0 Å². The highest BCUT2D eigenvalue weighted by atomic mass is 16.5. The number of hydrogen-bond donors (Lipinski definition) is 0. The summed E-state index contributed by atoms with van der Waals surface area (Å²) in [5.74, 6) is 1.92. The molecule has 0 spiro atoms. The van der Waals surface area contributed by atoms with Gasteiger partial charge >= 0.3 is 0 Å². The molecule has 1 aliphatic heterocycles. The number of benzene rings is 1. The first-order chi connectivity index (χ1) is 10.4. The maximum atomic E-state index is 5.53. The molecule has 1 saturated heterocycles. The van der Waals surface area contributed by atoms with Crippen LogP contribution in [0.5, 0.6) is 5.75 Å². The Hall–Kier alpha value is -1.92. The monoisotopic (exact) mass is 290 g/mol. The van der Waals surface area contributed by atoms with Gasteiger partial charge in [0.2, 0.25) is 5.82 Å². The maximum Gasteiger partial charge on any atom is 0.256 e. The molecule has 3 rings (SSSR count). The number of rotatable bonds is 6. The summed E-state index contributed by atoms with van der Waals surface area (Å²) in [6.45, 7) is 1.86. The minimum atomic E-state index is -0.0529. The number of ether oxygens (including phenoxy) is 3. The van der Waals surface area contributed by atoms with Gasteiger partial charge in [-0.1, -0.05) is 5.16 Å². The Morgan fingerprint density at radius 2 is 2.10 bits per heavy atom. The van der Waals surface area contributed by atoms with Crippen molar-refractivity contribution >= 4 is 0 Å².